The van der Waals surface area contributed by atoms with E-state index in [1.165, 1.54) is 12.0 Å². The molecule has 13 heavy (non-hydrogen) atoms. The van der Waals surface area contributed by atoms with Gasteiger partial charge in [0.2, 0.25) is 0 Å². The SMILES string of the molecule is CCC(C)NCc1ccc(C)nc1. The van der Waals surface area contributed by atoms with Crippen LogP contribution in [0.4, 0.5) is 0 Å². The van der Waals surface area contributed by atoms with Crippen molar-refractivity contribution in [1.82, 2.24) is 10.3 Å². The van der Waals surface area contributed by atoms with Gasteiger partial charge in [0, 0.05) is 24.5 Å². The van der Waals surface area contributed by atoms with Gasteiger partial charge < -0.3 is 5.32 Å². The van der Waals surface area contributed by atoms with Crippen molar-refractivity contribution in [3.05, 3.63) is 29.6 Å². The van der Waals surface area contributed by atoms with Crippen molar-refractivity contribution in [2.75, 3.05) is 0 Å². The molecule has 1 atom stereocenters. The van der Waals surface area contributed by atoms with E-state index < -0.39 is 0 Å². The molecule has 1 unspecified atom stereocenters. The first-order valence-electron chi connectivity index (χ1n) is 4.87. The molecule has 0 fully saturated rings. The van der Waals surface area contributed by atoms with E-state index in [-0.39, 0.29) is 0 Å². The fraction of sp³-hybridized carbons (Fsp3) is 0.545. The lowest BCUT2D eigenvalue weighted by Crippen LogP contribution is -2.24. The predicted molar refractivity (Wildman–Crippen MR) is 55.6 cm³/mol. The molecule has 0 spiro atoms. The van der Waals surface area contributed by atoms with Crippen molar-refractivity contribution < 1.29 is 0 Å². The number of rotatable bonds is 4. The van der Waals surface area contributed by atoms with Crippen LogP contribution in [0, 0.1) is 6.92 Å². The zero-order valence-electron chi connectivity index (χ0n) is 8.67. The van der Waals surface area contributed by atoms with Crippen molar-refractivity contribution in [2.45, 2.75) is 39.8 Å². The summed E-state index contributed by atoms with van der Waals surface area (Å²) >= 11 is 0. The van der Waals surface area contributed by atoms with E-state index in [0.29, 0.717) is 6.04 Å². The van der Waals surface area contributed by atoms with Crippen molar-refractivity contribution >= 4 is 0 Å². The van der Waals surface area contributed by atoms with E-state index in [1.807, 2.05) is 19.2 Å². The third-order valence-electron chi connectivity index (χ3n) is 2.24. The predicted octanol–water partition coefficient (Wildman–Crippen LogP) is 2.28. The Kier molecular flexibility index (Phi) is 3.90. The third-order valence-corrected chi connectivity index (χ3v) is 2.24. The summed E-state index contributed by atoms with van der Waals surface area (Å²) < 4.78 is 0. The minimum absolute atomic E-state index is 0.585. The maximum atomic E-state index is 4.24. The Bertz CT molecular complexity index is 241. The molecule has 1 N–H and O–H groups in total. The molecule has 1 aromatic heterocycles. The van der Waals surface area contributed by atoms with Gasteiger partial charge in [0.15, 0.2) is 0 Å². The molecule has 1 rings (SSSR count). The second kappa shape index (κ2) is 4.97. The molecule has 1 heterocycles. The summed E-state index contributed by atoms with van der Waals surface area (Å²) in [6.45, 7) is 7.31. The summed E-state index contributed by atoms with van der Waals surface area (Å²) in [6.07, 6.45) is 3.10. The molecule has 2 nitrogen and oxygen atoms in total. The first kappa shape index (κ1) is 10.2. The Morgan fingerprint density at radius 1 is 1.46 bits per heavy atom. The first-order valence-corrected chi connectivity index (χ1v) is 4.87. The summed E-state index contributed by atoms with van der Waals surface area (Å²) in [5.74, 6) is 0. The van der Waals surface area contributed by atoms with Crippen LogP contribution in [0.1, 0.15) is 31.5 Å². The largest absolute Gasteiger partial charge is 0.310 e. The van der Waals surface area contributed by atoms with Gasteiger partial charge in [-0.25, -0.2) is 0 Å². The van der Waals surface area contributed by atoms with Crippen molar-refractivity contribution in [3.8, 4) is 0 Å². The Morgan fingerprint density at radius 3 is 2.77 bits per heavy atom. The molecule has 0 saturated heterocycles. The fourth-order valence-electron chi connectivity index (χ4n) is 1.04. The van der Waals surface area contributed by atoms with Gasteiger partial charge in [0.05, 0.1) is 0 Å². The molecule has 0 bridgehead atoms. The molecule has 0 radical (unpaired) electrons. The summed E-state index contributed by atoms with van der Waals surface area (Å²) in [6, 6.07) is 4.76. The number of aromatic nitrogens is 1. The highest BCUT2D eigenvalue weighted by Crippen LogP contribution is 1.99. The molecule has 0 aromatic carbocycles. The second-order valence-electron chi connectivity index (χ2n) is 3.50. The zero-order chi connectivity index (χ0) is 9.68. The van der Waals surface area contributed by atoms with Crippen LogP contribution in [0.15, 0.2) is 18.3 Å². The number of hydrogen-bond donors (Lipinski definition) is 1. The van der Waals surface area contributed by atoms with E-state index in [9.17, 15) is 0 Å². The van der Waals surface area contributed by atoms with Crippen molar-refractivity contribution in [2.24, 2.45) is 0 Å². The average molecular weight is 178 g/mol. The molecule has 0 aliphatic heterocycles. The van der Waals surface area contributed by atoms with Crippen LogP contribution in [0.5, 0.6) is 0 Å². The van der Waals surface area contributed by atoms with E-state index in [0.717, 1.165) is 12.2 Å². The molecule has 72 valence electrons. The molecular formula is C11H18N2. The topological polar surface area (TPSA) is 24.9 Å². The lowest BCUT2D eigenvalue weighted by Gasteiger charge is -2.10. The van der Waals surface area contributed by atoms with Crippen LogP contribution in [-0.4, -0.2) is 11.0 Å². The minimum Gasteiger partial charge on any atom is -0.310 e. The molecule has 0 aliphatic rings. The van der Waals surface area contributed by atoms with Crippen LogP contribution >= 0.6 is 0 Å². The molecule has 2 heteroatoms. The van der Waals surface area contributed by atoms with Crippen LogP contribution in [0.2, 0.25) is 0 Å². The van der Waals surface area contributed by atoms with E-state index in [2.05, 4.69) is 30.2 Å². The average Bonchev–Trinajstić information content (AvgIpc) is 2.16. The summed E-state index contributed by atoms with van der Waals surface area (Å²) in [5.41, 5.74) is 2.33. The van der Waals surface area contributed by atoms with Gasteiger partial charge in [-0.15, -0.1) is 0 Å². The van der Waals surface area contributed by atoms with Crippen LogP contribution in [0.25, 0.3) is 0 Å². The molecule has 0 amide bonds. The van der Waals surface area contributed by atoms with Gasteiger partial charge in [-0.1, -0.05) is 13.0 Å². The summed E-state index contributed by atoms with van der Waals surface area (Å²) in [5, 5.41) is 3.43. The Balaban J connectivity index is 2.41. The second-order valence-corrected chi connectivity index (χ2v) is 3.50. The van der Waals surface area contributed by atoms with E-state index in [4.69, 9.17) is 0 Å². The zero-order valence-corrected chi connectivity index (χ0v) is 8.67. The summed E-state index contributed by atoms with van der Waals surface area (Å²) in [7, 11) is 0. The van der Waals surface area contributed by atoms with Crippen LogP contribution < -0.4 is 5.32 Å². The van der Waals surface area contributed by atoms with E-state index in [1.54, 1.807) is 0 Å². The van der Waals surface area contributed by atoms with Gasteiger partial charge >= 0.3 is 0 Å². The lowest BCUT2D eigenvalue weighted by molar-refractivity contribution is 0.533. The quantitative estimate of drug-likeness (QED) is 0.765. The van der Waals surface area contributed by atoms with E-state index >= 15 is 0 Å². The summed E-state index contributed by atoms with van der Waals surface area (Å²) in [4.78, 5) is 4.24. The lowest BCUT2D eigenvalue weighted by atomic mass is 10.2. The Labute approximate surface area is 80.4 Å². The minimum atomic E-state index is 0.585. The number of aryl methyl sites for hydroxylation is 1. The molecule has 0 saturated carbocycles. The van der Waals surface area contributed by atoms with Crippen molar-refractivity contribution in [1.29, 1.82) is 0 Å². The van der Waals surface area contributed by atoms with Gasteiger partial charge in [-0.2, -0.15) is 0 Å². The molecule has 0 aliphatic carbocycles. The highest BCUT2D eigenvalue weighted by molar-refractivity contribution is 5.12. The number of nitrogens with zero attached hydrogens (tertiary/aromatic N) is 1. The number of nitrogens with one attached hydrogen (secondary N) is 1. The molecule has 1 aromatic rings. The fourth-order valence-corrected chi connectivity index (χ4v) is 1.04. The van der Waals surface area contributed by atoms with Gasteiger partial charge in [-0.05, 0) is 31.9 Å². The third kappa shape index (κ3) is 3.55. The maximum Gasteiger partial charge on any atom is 0.0372 e. The van der Waals surface area contributed by atoms with Crippen LogP contribution in [-0.2, 0) is 6.54 Å². The Hall–Kier alpha value is -0.890. The van der Waals surface area contributed by atoms with Crippen LogP contribution in [0.3, 0.4) is 0 Å². The monoisotopic (exact) mass is 178 g/mol. The Morgan fingerprint density at radius 2 is 2.23 bits per heavy atom. The standard InChI is InChI=1S/C11H18N2/c1-4-9(2)12-7-11-6-5-10(3)13-8-11/h5-6,8-9,12H,4,7H2,1-3H3. The number of hydrogen-bond acceptors (Lipinski definition) is 2. The number of pyridine rings is 1. The highest BCUT2D eigenvalue weighted by Gasteiger charge is 1.97. The normalized spacial score (nSPS) is 12.8. The first-order chi connectivity index (χ1) is 6.22. The van der Waals surface area contributed by atoms with Gasteiger partial charge in [0.25, 0.3) is 0 Å². The van der Waals surface area contributed by atoms with Crippen molar-refractivity contribution in [3.63, 3.8) is 0 Å². The van der Waals surface area contributed by atoms with Gasteiger partial charge in [0.1, 0.15) is 0 Å². The molecular weight excluding hydrogens is 160 g/mol. The highest BCUT2D eigenvalue weighted by atomic mass is 14.9. The van der Waals surface area contributed by atoms with Gasteiger partial charge in [-0.3, -0.25) is 4.98 Å². The maximum absolute atomic E-state index is 4.24. The smallest absolute Gasteiger partial charge is 0.0372 e.